The van der Waals surface area contributed by atoms with Gasteiger partial charge in [0, 0.05) is 0 Å². The predicted molar refractivity (Wildman–Crippen MR) is 67.6 cm³/mol. The van der Waals surface area contributed by atoms with Gasteiger partial charge in [-0.3, -0.25) is 0 Å². The van der Waals surface area contributed by atoms with Gasteiger partial charge in [0.05, 0.1) is 6.04 Å². The van der Waals surface area contributed by atoms with E-state index in [0.29, 0.717) is 12.1 Å². The van der Waals surface area contributed by atoms with Crippen molar-refractivity contribution in [2.24, 2.45) is 0 Å². The third-order valence-corrected chi connectivity index (χ3v) is 2.81. The minimum atomic E-state index is -2.38. The minimum Gasteiger partial charge on any atom is -0.306 e. The van der Waals surface area contributed by atoms with Gasteiger partial charge in [-0.15, -0.1) is 0 Å². The summed E-state index contributed by atoms with van der Waals surface area (Å²) in [6, 6.07) is 6.58. The van der Waals surface area contributed by atoms with Crippen molar-refractivity contribution in [1.82, 2.24) is 5.32 Å². The lowest BCUT2D eigenvalue weighted by molar-refractivity contribution is 0.0993. The van der Waals surface area contributed by atoms with Crippen LogP contribution in [0.25, 0.3) is 0 Å². The number of alkyl halides is 2. The largest absolute Gasteiger partial charge is 0.306 e. The summed E-state index contributed by atoms with van der Waals surface area (Å²) in [6.45, 7) is 8.69. The summed E-state index contributed by atoms with van der Waals surface area (Å²) in [4.78, 5) is 0. The highest BCUT2D eigenvalue weighted by Crippen LogP contribution is 2.26. The van der Waals surface area contributed by atoms with Crippen LogP contribution in [0.3, 0.4) is 0 Å². The molecule has 0 amide bonds. The Labute approximate surface area is 102 Å². The van der Waals surface area contributed by atoms with Gasteiger partial charge in [-0.25, -0.2) is 8.78 Å². The standard InChI is InChI=1S/C14H21F2N/c1-5-17-12(13(15)16)10-6-8-11(9-7-10)14(2,3)4/h6-9,12-13,17H,5H2,1-4H3. The van der Waals surface area contributed by atoms with Crippen LogP contribution in [0.1, 0.15) is 44.9 Å². The predicted octanol–water partition coefficient (Wildman–Crippen LogP) is 3.90. The highest BCUT2D eigenvalue weighted by Gasteiger charge is 2.21. The van der Waals surface area contributed by atoms with E-state index in [2.05, 4.69) is 26.1 Å². The van der Waals surface area contributed by atoms with Gasteiger partial charge in [-0.1, -0.05) is 52.0 Å². The van der Waals surface area contributed by atoms with Crippen LogP contribution in [-0.4, -0.2) is 13.0 Å². The Morgan fingerprint density at radius 3 is 2.00 bits per heavy atom. The number of nitrogens with one attached hydrogen (secondary N) is 1. The highest BCUT2D eigenvalue weighted by molar-refractivity contribution is 5.29. The first-order valence-electron chi connectivity index (χ1n) is 5.98. The average Bonchev–Trinajstić information content (AvgIpc) is 2.24. The van der Waals surface area contributed by atoms with Gasteiger partial charge in [-0.2, -0.15) is 0 Å². The molecule has 0 fully saturated rings. The Bertz CT molecular complexity index is 338. The molecule has 0 heterocycles. The first kappa shape index (κ1) is 14.1. The molecule has 0 aliphatic rings. The van der Waals surface area contributed by atoms with Gasteiger partial charge in [-0.05, 0) is 23.1 Å². The monoisotopic (exact) mass is 241 g/mol. The first-order valence-corrected chi connectivity index (χ1v) is 5.98. The fourth-order valence-electron chi connectivity index (χ4n) is 1.76. The summed E-state index contributed by atoms with van der Waals surface area (Å²) in [5, 5.41) is 2.81. The van der Waals surface area contributed by atoms with E-state index in [4.69, 9.17) is 0 Å². The van der Waals surface area contributed by atoms with Crippen LogP contribution >= 0.6 is 0 Å². The van der Waals surface area contributed by atoms with Gasteiger partial charge in [0.15, 0.2) is 0 Å². The maximum absolute atomic E-state index is 12.8. The SMILES string of the molecule is CCNC(c1ccc(C(C)(C)C)cc1)C(F)F. The molecule has 0 aliphatic carbocycles. The lowest BCUT2D eigenvalue weighted by Crippen LogP contribution is -2.27. The third kappa shape index (κ3) is 3.77. The highest BCUT2D eigenvalue weighted by atomic mass is 19.3. The lowest BCUT2D eigenvalue weighted by atomic mass is 9.86. The van der Waals surface area contributed by atoms with Crippen molar-refractivity contribution in [2.45, 2.75) is 45.6 Å². The van der Waals surface area contributed by atoms with Crippen molar-refractivity contribution in [1.29, 1.82) is 0 Å². The van der Waals surface area contributed by atoms with Crippen LogP contribution in [0, 0.1) is 0 Å². The van der Waals surface area contributed by atoms with Crippen LogP contribution in [-0.2, 0) is 5.41 Å². The van der Waals surface area contributed by atoms with Gasteiger partial charge in [0.25, 0.3) is 6.43 Å². The first-order chi connectivity index (χ1) is 7.86. The lowest BCUT2D eigenvalue weighted by Gasteiger charge is -2.21. The molecule has 0 aromatic heterocycles. The fraction of sp³-hybridized carbons (Fsp3) is 0.571. The van der Waals surface area contributed by atoms with Crippen molar-refractivity contribution < 1.29 is 8.78 Å². The number of rotatable bonds is 4. The topological polar surface area (TPSA) is 12.0 Å². The molecule has 96 valence electrons. The van der Waals surface area contributed by atoms with Gasteiger partial charge in [0.2, 0.25) is 0 Å². The number of benzene rings is 1. The molecular weight excluding hydrogens is 220 g/mol. The number of hydrogen-bond donors (Lipinski definition) is 1. The minimum absolute atomic E-state index is 0.0526. The molecule has 1 nitrogen and oxygen atoms in total. The van der Waals surface area contributed by atoms with Gasteiger partial charge < -0.3 is 5.32 Å². The number of hydrogen-bond acceptors (Lipinski definition) is 1. The van der Waals surface area contributed by atoms with Crippen LogP contribution in [0.5, 0.6) is 0 Å². The Morgan fingerprint density at radius 2 is 1.65 bits per heavy atom. The molecule has 1 N–H and O–H groups in total. The Morgan fingerprint density at radius 1 is 1.12 bits per heavy atom. The molecule has 3 heteroatoms. The summed E-state index contributed by atoms with van der Waals surface area (Å²) in [5.41, 5.74) is 1.86. The van der Waals surface area contributed by atoms with E-state index < -0.39 is 12.5 Å². The van der Waals surface area contributed by atoms with Gasteiger partial charge in [0.1, 0.15) is 0 Å². The normalized spacial score (nSPS) is 14.1. The van der Waals surface area contributed by atoms with E-state index in [0.717, 1.165) is 5.56 Å². The molecule has 0 saturated carbocycles. The molecule has 0 aliphatic heterocycles. The zero-order valence-electron chi connectivity index (χ0n) is 10.9. The third-order valence-electron chi connectivity index (χ3n) is 2.81. The summed E-state index contributed by atoms with van der Waals surface area (Å²) >= 11 is 0. The molecule has 0 saturated heterocycles. The van der Waals surface area contributed by atoms with Crippen molar-refractivity contribution in [2.75, 3.05) is 6.54 Å². The number of halogens is 2. The molecule has 0 spiro atoms. The maximum atomic E-state index is 12.8. The maximum Gasteiger partial charge on any atom is 0.257 e. The summed E-state index contributed by atoms with van der Waals surface area (Å²) in [6.07, 6.45) is -2.38. The molecule has 0 radical (unpaired) electrons. The van der Waals surface area contributed by atoms with E-state index in [-0.39, 0.29) is 5.41 Å². The molecule has 17 heavy (non-hydrogen) atoms. The van der Waals surface area contributed by atoms with E-state index in [1.54, 1.807) is 12.1 Å². The van der Waals surface area contributed by atoms with Crippen LogP contribution in [0.2, 0.25) is 0 Å². The zero-order chi connectivity index (χ0) is 13.1. The smallest absolute Gasteiger partial charge is 0.257 e. The Balaban J connectivity index is 2.92. The van der Waals surface area contributed by atoms with Crippen LogP contribution in [0.15, 0.2) is 24.3 Å². The van der Waals surface area contributed by atoms with E-state index >= 15 is 0 Å². The van der Waals surface area contributed by atoms with Gasteiger partial charge >= 0.3 is 0 Å². The molecule has 1 aromatic carbocycles. The summed E-state index contributed by atoms with van der Waals surface area (Å²) in [7, 11) is 0. The molecular formula is C14H21F2N. The summed E-state index contributed by atoms with van der Waals surface area (Å²) in [5.74, 6) is 0. The Kier molecular flexibility index (Phi) is 4.63. The second-order valence-electron chi connectivity index (χ2n) is 5.24. The van der Waals surface area contributed by atoms with Crippen molar-refractivity contribution in [3.8, 4) is 0 Å². The zero-order valence-corrected chi connectivity index (χ0v) is 10.9. The second kappa shape index (κ2) is 5.58. The molecule has 1 rings (SSSR count). The molecule has 1 atom stereocenters. The van der Waals surface area contributed by atoms with Crippen molar-refractivity contribution in [3.63, 3.8) is 0 Å². The van der Waals surface area contributed by atoms with E-state index in [1.807, 2.05) is 19.1 Å². The second-order valence-corrected chi connectivity index (χ2v) is 5.24. The average molecular weight is 241 g/mol. The molecule has 1 unspecified atom stereocenters. The van der Waals surface area contributed by atoms with E-state index in [9.17, 15) is 8.78 Å². The van der Waals surface area contributed by atoms with Crippen LogP contribution in [0.4, 0.5) is 8.78 Å². The van der Waals surface area contributed by atoms with Crippen molar-refractivity contribution in [3.05, 3.63) is 35.4 Å². The Hall–Kier alpha value is -0.960. The molecule has 1 aromatic rings. The van der Waals surface area contributed by atoms with Crippen molar-refractivity contribution >= 4 is 0 Å². The fourth-order valence-corrected chi connectivity index (χ4v) is 1.76. The van der Waals surface area contributed by atoms with Crippen LogP contribution < -0.4 is 5.32 Å². The van der Waals surface area contributed by atoms with E-state index in [1.165, 1.54) is 0 Å². The summed E-state index contributed by atoms with van der Waals surface area (Å²) < 4.78 is 25.7. The molecule has 0 bridgehead atoms. The quantitative estimate of drug-likeness (QED) is 0.843.